The molecule has 0 atom stereocenters. The van der Waals surface area contributed by atoms with Crippen LogP contribution in [0.4, 0.5) is 0 Å². The normalized spacial score (nSPS) is 37.2. The van der Waals surface area contributed by atoms with Crippen molar-refractivity contribution in [3.8, 4) is 0 Å². The van der Waals surface area contributed by atoms with Gasteiger partial charge >= 0.3 is 0 Å². The highest BCUT2D eigenvalue weighted by Gasteiger charge is 2.51. The second-order valence-electron chi connectivity index (χ2n) is 7.88. The van der Waals surface area contributed by atoms with Crippen molar-refractivity contribution in [3.05, 3.63) is 0 Å². The largest absolute Gasteiger partial charge is 0.351 e. The monoisotopic (exact) mass is 292 g/mol. The van der Waals surface area contributed by atoms with Crippen molar-refractivity contribution < 1.29 is 4.79 Å². The van der Waals surface area contributed by atoms with Crippen LogP contribution >= 0.6 is 0 Å². The molecule has 0 radical (unpaired) electrons. The van der Waals surface area contributed by atoms with Crippen molar-refractivity contribution in [2.45, 2.75) is 70.8 Å². The molecule has 4 saturated carbocycles. The maximum atomic E-state index is 12.4. The Hall–Kier alpha value is -0.570. The lowest BCUT2D eigenvalue weighted by atomic mass is 9.53. The third-order valence-electron chi connectivity index (χ3n) is 6.22. The van der Waals surface area contributed by atoms with Crippen LogP contribution in [0.5, 0.6) is 0 Å². The number of nitrogens with zero attached hydrogens (tertiary/aromatic N) is 1. The van der Waals surface area contributed by atoms with E-state index in [1.807, 2.05) is 0 Å². The molecule has 0 spiro atoms. The molecule has 1 N–H and O–H groups in total. The standard InChI is InChI=1S/C18H32N2O/c1-3-20(4-2)7-5-6-17(21)19-18-11-14-8-15(12-18)10-16(9-14)13-18/h14-16H,3-13H2,1-2H3,(H,19,21). The van der Waals surface area contributed by atoms with E-state index in [0.717, 1.165) is 43.8 Å². The van der Waals surface area contributed by atoms with Gasteiger partial charge in [0.1, 0.15) is 0 Å². The van der Waals surface area contributed by atoms with Gasteiger partial charge in [-0.25, -0.2) is 0 Å². The molecule has 0 aromatic rings. The fourth-order valence-electron chi connectivity index (χ4n) is 5.63. The zero-order chi connectivity index (χ0) is 14.9. The third-order valence-corrected chi connectivity index (χ3v) is 6.22. The van der Waals surface area contributed by atoms with Gasteiger partial charge in [-0.3, -0.25) is 4.79 Å². The number of hydrogen-bond donors (Lipinski definition) is 1. The van der Waals surface area contributed by atoms with Crippen molar-refractivity contribution in [2.24, 2.45) is 17.8 Å². The molecule has 4 aliphatic rings. The van der Waals surface area contributed by atoms with Crippen molar-refractivity contribution in [2.75, 3.05) is 19.6 Å². The summed E-state index contributed by atoms with van der Waals surface area (Å²) >= 11 is 0. The highest BCUT2D eigenvalue weighted by Crippen LogP contribution is 2.55. The van der Waals surface area contributed by atoms with E-state index < -0.39 is 0 Å². The number of carbonyl (C=O) groups is 1. The van der Waals surface area contributed by atoms with E-state index in [0.29, 0.717) is 12.3 Å². The zero-order valence-electron chi connectivity index (χ0n) is 13.9. The van der Waals surface area contributed by atoms with Crippen LogP contribution in [-0.4, -0.2) is 36.0 Å². The summed E-state index contributed by atoms with van der Waals surface area (Å²) in [6, 6.07) is 0. The van der Waals surface area contributed by atoms with Gasteiger partial charge in [0.25, 0.3) is 0 Å². The van der Waals surface area contributed by atoms with E-state index >= 15 is 0 Å². The van der Waals surface area contributed by atoms with Crippen molar-refractivity contribution >= 4 is 5.91 Å². The third kappa shape index (κ3) is 3.44. The fourth-order valence-corrected chi connectivity index (χ4v) is 5.63. The second kappa shape index (κ2) is 6.28. The quantitative estimate of drug-likeness (QED) is 0.781. The van der Waals surface area contributed by atoms with Crippen LogP contribution in [0.15, 0.2) is 0 Å². The predicted molar refractivity (Wildman–Crippen MR) is 86.1 cm³/mol. The van der Waals surface area contributed by atoms with Gasteiger partial charge in [-0.15, -0.1) is 0 Å². The average Bonchev–Trinajstić information content (AvgIpc) is 2.41. The number of nitrogens with one attached hydrogen (secondary N) is 1. The molecule has 4 rings (SSSR count). The Morgan fingerprint density at radius 1 is 1.05 bits per heavy atom. The molecule has 3 heteroatoms. The molecular weight excluding hydrogens is 260 g/mol. The second-order valence-corrected chi connectivity index (χ2v) is 7.88. The molecule has 4 bridgehead atoms. The first kappa shape index (κ1) is 15.3. The highest BCUT2D eigenvalue weighted by atomic mass is 16.1. The molecule has 0 aromatic carbocycles. The van der Waals surface area contributed by atoms with Crippen LogP contribution in [0.25, 0.3) is 0 Å². The first-order valence-electron chi connectivity index (χ1n) is 9.16. The molecule has 120 valence electrons. The van der Waals surface area contributed by atoms with Crippen molar-refractivity contribution in [1.82, 2.24) is 10.2 Å². The maximum Gasteiger partial charge on any atom is 0.220 e. The number of carbonyl (C=O) groups excluding carboxylic acids is 1. The van der Waals surface area contributed by atoms with Crippen molar-refractivity contribution in [1.29, 1.82) is 0 Å². The Labute approximate surface area is 129 Å². The van der Waals surface area contributed by atoms with Crippen LogP contribution in [0.2, 0.25) is 0 Å². The molecule has 0 aliphatic heterocycles. The molecule has 3 nitrogen and oxygen atoms in total. The molecule has 4 aliphatic carbocycles. The maximum absolute atomic E-state index is 12.4. The molecule has 1 amide bonds. The van der Waals surface area contributed by atoms with E-state index in [1.165, 1.54) is 38.5 Å². The van der Waals surface area contributed by atoms with E-state index in [4.69, 9.17) is 0 Å². The van der Waals surface area contributed by atoms with Gasteiger partial charge in [-0.1, -0.05) is 13.8 Å². The van der Waals surface area contributed by atoms with Crippen LogP contribution in [0.1, 0.15) is 65.2 Å². The zero-order valence-corrected chi connectivity index (χ0v) is 13.9. The molecule has 21 heavy (non-hydrogen) atoms. The lowest BCUT2D eigenvalue weighted by molar-refractivity contribution is -0.127. The van der Waals surface area contributed by atoms with Gasteiger partial charge in [0.15, 0.2) is 0 Å². The van der Waals surface area contributed by atoms with Gasteiger partial charge in [0.05, 0.1) is 0 Å². The summed E-state index contributed by atoms with van der Waals surface area (Å²) in [6.45, 7) is 7.62. The first-order chi connectivity index (χ1) is 10.1. The van der Waals surface area contributed by atoms with Gasteiger partial charge in [0, 0.05) is 12.0 Å². The number of rotatable bonds is 7. The minimum absolute atomic E-state index is 0.195. The SMILES string of the molecule is CCN(CC)CCCC(=O)NC12CC3CC(CC(C3)C1)C2. The average molecular weight is 292 g/mol. The Morgan fingerprint density at radius 2 is 1.57 bits per heavy atom. The minimum atomic E-state index is 0.195. The van der Waals surface area contributed by atoms with Gasteiger partial charge in [-0.2, -0.15) is 0 Å². The molecule has 4 fully saturated rings. The number of hydrogen-bond acceptors (Lipinski definition) is 2. The van der Waals surface area contributed by atoms with Crippen LogP contribution in [0, 0.1) is 17.8 Å². The Bertz CT molecular complexity index is 340. The summed E-state index contributed by atoms with van der Waals surface area (Å²) in [5, 5.41) is 3.48. The first-order valence-corrected chi connectivity index (χ1v) is 9.16. The van der Waals surface area contributed by atoms with E-state index in [2.05, 4.69) is 24.1 Å². The molecule has 0 heterocycles. The van der Waals surface area contributed by atoms with Gasteiger partial charge in [-0.05, 0) is 82.3 Å². The lowest BCUT2D eigenvalue weighted by Gasteiger charge is -2.57. The summed E-state index contributed by atoms with van der Waals surface area (Å²) < 4.78 is 0. The molecule has 0 unspecified atom stereocenters. The fraction of sp³-hybridized carbons (Fsp3) is 0.944. The summed E-state index contributed by atoms with van der Waals surface area (Å²) in [6.07, 6.45) is 9.83. The summed E-state index contributed by atoms with van der Waals surface area (Å²) in [5.41, 5.74) is 0.195. The predicted octanol–water partition coefficient (Wildman–Crippen LogP) is 3.19. The lowest BCUT2D eigenvalue weighted by Crippen LogP contribution is -2.59. The molecule has 0 saturated heterocycles. The van der Waals surface area contributed by atoms with E-state index in [-0.39, 0.29) is 5.54 Å². The van der Waals surface area contributed by atoms with E-state index in [1.54, 1.807) is 0 Å². The summed E-state index contributed by atoms with van der Waals surface area (Å²) in [7, 11) is 0. The Balaban J connectivity index is 1.46. The minimum Gasteiger partial charge on any atom is -0.351 e. The molecule has 0 aromatic heterocycles. The number of amides is 1. The topological polar surface area (TPSA) is 32.3 Å². The summed E-state index contributed by atoms with van der Waals surface area (Å²) in [5.74, 6) is 3.04. The van der Waals surface area contributed by atoms with Crippen LogP contribution in [0.3, 0.4) is 0 Å². The highest BCUT2D eigenvalue weighted by molar-refractivity contribution is 5.76. The van der Waals surface area contributed by atoms with Gasteiger partial charge in [0.2, 0.25) is 5.91 Å². The van der Waals surface area contributed by atoms with Crippen LogP contribution < -0.4 is 5.32 Å². The van der Waals surface area contributed by atoms with Gasteiger partial charge < -0.3 is 10.2 Å². The van der Waals surface area contributed by atoms with Crippen molar-refractivity contribution in [3.63, 3.8) is 0 Å². The summed E-state index contributed by atoms with van der Waals surface area (Å²) in [4.78, 5) is 14.8. The smallest absolute Gasteiger partial charge is 0.220 e. The van der Waals surface area contributed by atoms with E-state index in [9.17, 15) is 4.79 Å². The van der Waals surface area contributed by atoms with Crippen LogP contribution in [-0.2, 0) is 4.79 Å². The Kier molecular flexibility index (Phi) is 4.58. The Morgan fingerprint density at radius 3 is 2.05 bits per heavy atom. The molecular formula is C18H32N2O.